The number of hydrogen-bond donors (Lipinski definition) is 1. The smallest absolute Gasteiger partial charge is 0.214 e. The predicted octanol–water partition coefficient (Wildman–Crippen LogP) is 2.21. The molecule has 1 aliphatic rings. The molecule has 0 aromatic carbocycles. The van der Waals surface area contributed by atoms with Crippen molar-refractivity contribution >= 4 is 10.0 Å². The first-order valence-electron chi connectivity index (χ1n) is 7.57. The van der Waals surface area contributed by atoms with Gasteiger partial charge < -0.3 is 5.32 Å². The standard InChI is InChI=1S/C14H30N2O2S/c1-12(2)15-9-5-6-11-19(17,18)16-10-7-8-13(3)14(16)4/h12-15H,5-11H2,1-4H3. The van der Waals surface area contributed by atoms with Gasteiger partial charge in [-0.05, 0) is 45.1 Å². The van der Waals surface area contributed by atoms with E-state index in [1.54, 1.807) is 4.31 Å². The molecule has 0 aromatic heterocycles. The Labute approximate surface area is 119 Å². The van der Waals surface area contributed by atoms with Gasteiger partial charge in [-0.1, -0.05) is 20.8 Å². The van der Waals surface area contributed by atoms with E-state index in [-0.39, 0.29) is 6.04 Å². The van der Waals surface area contributed by atoms with Crippen LogP contribution in [0.1, 0.15) is 53.4 Å². The molecule has 0 bridgehead atoms. The lowest BCUT2D eigenvalue weighted by atomic mass is 9.94. The van der Waals surface area contributed by atoms with Crippen molar-refractivity contribution in [3.63, 3.8) is 0 Å². The monoisotopic (exact) mass is 290 g/mol. The second kappa shape index (κ2) is 7.60. The molecule has 2 unspecified atom stereocenters. The summed E-state index contributed by atoms with van der Waals surface area (Å²) in [5, 5.41) is 3.32. The zero-order chi connectivity index (χ0) is 14.5. The number of rotatable bonds is 7. The predicted molar refractivity (Wildman–Crippen MR) is 80.7 cm³/mol. The quantitative estimate of drug-likeness (QED) is 0.731. The van der Waals surface area contributed by atoms with Gasteiger partial charge in [0.2, 0.25) is 10.0 Å². The molecule has 0 amide bonds. The summed E-state index contributed by atoms with van der Waals surface area (Å²) in [4.78, 5) is 0. The van der Waals surface area contributed by atoms with Crippen molar-refractivity contribution in [1.29, 1.82) is 0 Å². The van der Waals surface area contributed by atoms with E-state index in [2.05, 4.69) is 26.1 Å². The summed E-state index contributed by atoms with van der Waals surface area (Å²) in [6.45, 7) is 10.0. The molecule has 1 aliphatic heterocycles. The van der Waals surface area contributed by atoms with Crippen LogP contribution in [0.15, 0.2) is 0 Å². The van der Waals surface area contributed by atoms with Crippen LogP contribution in [0.2, 0.25) is 0 Å². The third kappa shape index (κ3) is 5.40. The van der Waals surface area contributed by atoms with Crippen LogP contribution in [0.4, 0.5) is 0 Å². The zero-order valence-corrected chi connectivity index (χ0v) is 13.7. The van der Waals surface area contributed by atoms with Gasteiger partial charge >= 0.3 is 0 Å². The average molecular weight is 290 g/mol. The third-order valence-electron chi connectivity index (χ3n) is 4.05. The Hall–Kier alpha value is -0.130. The van der Waals surface area contributed by atoms with E-state index in [1.807, 2.05) is 6.92 Å². The van der Waals surface area contributed by atoms with Gasteiger partial charge in [-0.2, -0.15) is 4.31 Å². The van der Waals surface area contributed by atoms with Crippen molar-refractivity contribution in [2.45, 2.75) is 65.5 Å². The minimum atomic E-state index is -3.06. The van der Waals surface area contributed by atoms with Crippen molar-refractivity contribution < 1.29 is 8.42 Å². The van der Waals surface area contributed by atoms with Crippen LogP contribution in [-0.2, 0) is 10.0 Å². The maximum Gasteiger partial charge on any atom is 0.214 e. The molecule has 1 rings (SSSR count). The average Bonchev–Trinajstić information content (AvgIpc) is 2.31. The summed E-state index contributed by atoms with van der Waals surface area (Å²) >= 11 is 0. The second-order valence-electron chi connectivity index (χ2n) is 6.10. The van der Waals surface area contributed by atoms with Gasteiger partial charge in [0, 0.05) is 18.6 Å². The molecule has 0 aliphatic carbocycles. The maximum atomic E-state index is 12.3. The van der Waals surface area contributed by atoms with Crippen LogP contribution >= 0.6 is 0 Å². The fraction of sp³-hybridized carbons (Fsp3) is 1.00. The van der Waals surface area contributed by atoms with E-state index in [0.717, 1.165) is 32.2 Å². The molecule has 0 spiro atoms. The molecule has 1 saturated heterocycles. The molecule has 4 nitrogen and oxygen atoms in total. The second-order valence-corrected chi connectivity index (χ2v) is 8.14. The first-order valence-corrected chi connectivity index (χ1v) is 9.18. The number of hydrogen-bond acceptors (Lipinski definition) is 3. The van der Waals surface area contributed by atoms with E-state index in [9.17, 15) is 8.42 Å². The van der Waals surface area contributed by atoms with Crippen molar-refractivity contribution in [1.82, 2.24) is 9.62 Å². The van der Waals surface area contributed by atoms with E-state index in [1.165, 1.54) is 0 Å². The van der Waals surface area contributed by atoms with E-state index in [0.29, 0.717) is 24.3 Å². The Morgan fingerprint density at radius 1 is 1.26 bits per heavy atom. The largest absolute Gasteiger partial charge is 0.315 e. The summed E-state index contributed by atoms with van der Waals surface area (Å²) in [5.41, 5.74) is 0. The van der Waals surface area contributed by atoms with Gasteiger partial charge in [-0.25, -0.2) is 8.42 Å². The first-order chi connectivity index (χ1) is 8.84. The number of nitrogens with zero attached hydrogens (tertiary/aromatic N) is 1. The highest BCUT2D eigenvalue weighted by molar-refractivity contribution is 7.89. The van der Waals surface area contributed by atoms with Gasteiger partial charge in [0.15, 0.2) is 0 Å². The molecule has 1 fully saturated rings. The van der Waals surface area contributed by atoms with Gasteiger partial charge in [-0.3, -0.25) is 0 Å². The highest BCUT2D eigenvalue weighted by Gasteiger charge is 2.32. The molecule has 1 heterocycles. The molecule has 0 radical (unpaired) electrons. The third-order valence-corrected chi connectivity index (χ3v) is 6.09. The fourth-order valence-corrected chi connectivity index (χ4v) is 4.53. The Morgan fingerprint density at radius 2 is 1.95 bits per heavy atom. The van der Waals surface area contributed by atoms with Crippen LogP contribution in [0.25, 0.3) is 0 Å². The van der Waals surface area contributed by atoms with E-state index < -0.39 is 10.0 Å². The number of piperidine rings is 1. The van der Waals surface area contributed by atoms with Crippen molar-refractivity contribution in [3.8, 4) is 0 Å². The molecule has 0 aromatic rings. The highest BCUT2D eigenvalue weighted by atomic mass is 32.2. The Bertz CT molecular complexity index is 354. The molecule has 0 saturated carbocycles. The number of sulfonamides is 1. The maximum absolute atomic E-state index is 12.3. The molecular weight excluding hydrogens is 260 g/mol. The van der Waals surface area contributed by atoms with Crippen LogP contribution in [0.5, 0.6) is 0 Å². The summed E-state index contributed by atoms with van der Waals surface area (Å²) < 4.78 is 26.4. The van der Waals surface area contributed by atoms with Crippen LogP contribution in [0, 0.1) is 5.92 Å². The fourth-order valence-electron chi connectivity index (χ4n) is 2.61. The lowest BCUT2D eigenvalue weighted by Gasteiger charge is -2.36. The van der Waals surface area contributed by atoms with Crippen LogP contribution in [0.3, 0.4) is 0 Å². The Kier molecular flexibility index (Phi) is 6.77. The first kappa shape index (κ1) is 16.9. The van der Waals surface area contributed by atoms with Crippen molar-refractivity contribution in [3.05, 3.63) is 0 Å². The SMILES string of the molecule is CC(C)NCCCCS(=O)(=O)N1CCCC(C)C1C. The molecule has 5 heteroatoms. The summed E-state index contributed by atoms with van der Waals surface area (Å²) in [6, 6.07) is 0.632. The van der Waals surface area contributed by atoms with Crippen LogP contribution in [-0.4, -0.2) is 43.6 Å². The Balaban J connectivity index is 2.38. The van der Waals surface area contributed by atoms with E-state index in [4.69, 9.17) is 0 Å². The van der Waals surface area contributed by atoms with E-state index >= 15 is 0 Å². The van der Waals surface area contributed by atoms with Gasteiger partial charge in [0.1, 0.15) is 0 Å². The lowest BCUT2D eigenvalue weighted by molar-refractivity contribution is 0.202. The van der Waals surface area contributed by atoms with Gasteiger partial charge in [0.25, 0.3) is 0 Å². The molecule has 114 valence electrons. The normalized spacial score (nSPS) is 25.9. The lowest BCUT2D eigenvalue weighted by Crippen LogP contribution is -2.46. The minimum absolute atomic E-state index is 0.160. The molecule has 19 heavy (non-hydrogen) atoms. The highest BCUT2D eigenvalue weighted by Crippen LogP contribution is 2.25. The topological polar surface area (TPSA) is 49.4 Å². The minimum Gasteiger partial charge on any atom is -0.315 e. The summed E-state index contributed by atoms with van der Waals surface area (Å²) in [5.74, 6) is 0.773. The summed E-state index contributed by atoms with van der Waals surface area (Å²) in [6.07, 6.45) is 3.82. The molecule has 1 N–H and O–H groups in total. The van der Waals surface area contributed by atoms with Gasteiger partial charge in [-0.15, -0.1) is 0 Å². The van der Waals surface area contributed by atoms with Crippen molar-refractivity contribution in [2.24, 2.45) is 5.92 Å². The summed E-state index contributed by atoms with van der Waals surface area (Å²) in [7, 11) is -3.06. The molecular formula is C14H30N2O2S. The van der Waals surface area contributed by atoms with Gasteiger partial charge in [0.05, 0.1) is 5.75 Å². The number of unbranched alkanes of at least 4 members (excludes halogenated alkanes) is 1. The molecule has 2 atom stereocenters. The van der Waals surface area contributed by atoms with Crippen LogP contribution < -0.4 is 5.32 Å². The number of nitrogens with one attached hydrogen (secondary N) is 1. The Morgan fingerprint density at radius 3 is 2.58 bits per heavy atom. The van der Waals surface area contributed by atoms with Crippen molar-refractivity contribution in [2.75, 3.05) is 18.8 Å². The zero-order valence-electron chi connectivity index (χ0n) is 12.9.